The van der Waals surface area contributed by atoms with E-state index < -0.39 is 0 Å². The highest BCUT2D eigenvalue weighted by atomic mass is 35.5. The van der Waals surface area contributed by atoms with Crippen molar-refractivity contribution in [2.75, 3.05) is 7.11 Å². The van der Waals surface area contributed by atoms with Gasteiger partial charge in [-0.05, 0) is 65.4 Å². The molecule has 4 aromatic rings. The third-order valence-corrected chi connectivity index (χ3v) is 5.90. The van der Waals surface area contributed by atoms with Gasteiger partial charge < -0.3 is 14.5 Å². The number of esters is 1. The molecular weight excluding hydrogens is 433 g/mol. The van der Waals surface area contributed by atoms with Crippen molar-refractivity contribution in [2.24, 2.45) is 0 Å². The van der Waals surface area contributed by atoms with Crippen molar-refractivity contribution >= 4 is 40.1 Å². The smallest absolute Gasteiger partial charge is 0.305 e. The summed E-state index contributed by atoms with van der Waals surface area (Å²) in [5.41, 5.74) is 4.79. The maximum absolute atomic E-state index is 11.6. The summed E-state index contributed by atoms with van der Waals surface area (Å²) < 4.78 is 10.9. The SMILES string of the molecule is COC(=O)CCc1ccc(OCc2c(Cl)cccc2Cl)c(-c2ccc3[nH]ccc3c2)c1. The topological polar surface area (TPSA) is 51.3 Å². The number of halogens is 2. The van der Waals surface area contributed by atoms with E-state index in [1.807, 2.05) is 42.6 Å². The molecule has 0 fully saturated rings. The number of fused-ring (bicyclic) bond motifs is 1. The highest BCUT2D eigenvalue weighted by Crippen LogP contribution is 2.35. The zero-order chi connectivity index (χ0) is 21.8. The van der Waals surface area contributed by atoms with Crippen molar-refractivity contribution in [3.05, 3.63) is 88.0 Å². The summed E-state index contributed by atoms with van der Waals surface area (Å²) in [6.45, 7) is 0.249. The molecule has 0 saturated carbocycles. The largest absolute Gasteiger partial charge is 0.488 e. The molecule has 0 unspecified atom stereocenters. The van der Waals surface area contributed by atoms with Crippen LogP contribution in [0, 0.1) is 0 Å². The van der Waals surface area contributed by atoms with Crippen molar-refractivity contribution in [3.63, 3.8) is 0 Å². The van der Waals surface area contributed by atoms with Crippen molar-refractivity contribution in [1.29, 1.82) is 0 Å². The van der Waals surface area contributed by atoms with Crippen molar-refractivity contribution in [2.45, 2.75) is 19.4 Å². The quantitative estimate of drug-likeness (QED) is 0.312. The Hall–Kier alpha value is -2.95. The fourth-order valence-electron chi connectivity index (χ4n) is 3.47. The van der Waals surface area contributed by atoms with Crippen LogP contribution in [0.4, 0.5) is 0 Å². The van der Waals surface area contributed by atoms with Gasteiger partial charge in [0.05, 0.1) is 7.11 Å². The number of methoxy groups -OCH3 is 1. The number of carbonyl (C=O) groups is 1. The second kappa shape index (κ2) is 9.46. The molecule has 0 radical (unpaired) electrons. The van der Waals surface area contributed by atoms with Crippen LogP contribution in [-0.4, -0.2) is 18.1 Å². The average molecular weight is 454 g/mol. The summed E-state index contributed by atoms with van der Waals surface area (Å²) in [5, 5.41) is 2.24. The highest BCUT2D eigenvalue weighted by Gasteiger charge is 2.13. The van der Waals surface area contributed by atoms with Gasteiger partial charge in [-0.1, -0.05) is 41.4 Å². The Balaban J connectivity index is 1.68. The lowest BCUT2D eigenvalue weighted by Crippen LogP contribution is -2.03. The second-order valence-electron chi connectivity index (χ2n) is 7.18. The number of nitrogens with one attached hydrogen (secondary N) is 1. The molecule has 6 heteroatoms. The van der Waals surface area contributed by atoms with E-state index in [1.165, 1.54) is 7.11 Å². The number of aromatic nitrogens is 1. The van der Waals surface area contributed by atoms with Crippen LogP contribution in [-0.2, 0) is 22.6 Å². The fraction of sp³-hybridized carbons (Fsp3) is 0.160. The monoisotopic (exact) mass is 453 g/mol. The highest BCUT2D eigenvalue weighted by molar-refractivity contribution is 6.35. The third kappa shape index (κ3) is 4.87. The van der Waals surface area contributed by atoms with E-state index in [0.717, 1.165) is 33.2 Å². The molecule has 1 N–H and O–H groups in total. The Morgan fingerprint density at radius 2 is 1.81 bits per heavy atom. The Morgan fingerprint density at radius 3 is 2.58 bits per heavy atom. The summed E-state index contributed by atoms with van der Waals surface area (Å²) in [6, 6.07) is 19.6. The van der Waals surface area contributed by atoms with Crippen LogP contribution in [0.1, 0.15) is 17.5 Å². The number of benzene rings is 3. The van der Waals surface area contributed by atoms with Crippen LogP contribution in [0.15, 0.2) is 66.9 Å². The minimum absolute atomic E-state index is 0.232. The Morgan fingerprint density at radius 1 is 1.00 bits per heavy atom. The van der Waals surface area contributed by atoms with Crippen molar-refractivity contribution in [3.8, 4) is 16.9 Å². The number of ether oxygens (including phenoxy) is 2. The van der Waals surface area contributed by atoms with E-state index in [1.54, 1.807) is 12.1 Å². The number of carbonyl (C=O) groups excluding carboxylic acids is 1. The Kier molecular flexibility index (Phi) is 6.50. The Bertz CT molecular complexity index is 1210. The fourth-order valence-corrected chi connectivity index (χ4v) is 3.98. The lowest BCUT2D eigenvalue weighted by molar-refractivity contribution is -0.140. The van der Waals surface area contributed by atoms with Crippen LogP contribution >= 0.6 is 23.2 Å². The number of H-pyrrole nitrogens is 1. The first-order valence-electron chi connectivity index (χ1n) is 9.88. The predicted octanol–water partition coefficient (Wildman–Crippen LogP) is 6.83. The minimum atomic E-state index is -0.232. The molecule has 0 aliphatic heterocycles. The molecule has 1 heterocycles. The maximum atomic E-state index is 11.6. The molecule has 0 aliphatic rings. The van der Waals surface area contributed by atoms with Gasteiger partial charge >= 0.3 is 5.97 Å². The molecule has 0 aliphatic carbocycles. The first-order valence-corrected chi connectivity index (χ1v) is 10.6. The summed E-state index contributed by atoms with van der Waals surface area (Å²) >= 11 is 12.6. The van der Waals surface area contributed by atoms with E-state index in [2.05, 4.69) is 17.1 Å². The lowest BCUT2D eigenvalue weighted by Gasteiger charge is -2.15. The van der Waals surface area contributed by atoms with Crippen LogP contribution in [0.25, 0.3) is 22.0 Å². The molecule has 0 bridgehead atoms. The zero-order valence-corrected chi connectivity index (χ0v) is 18.5. The van der Waals surface area contributed by atoms with Gasteiger partial charge in [-0.15, -0.1) is 0 Å². The first kappa shape index (κ1) is 21.3. The first-order chi connectivity index (χ1) is 15.0. The maximum Gasteiger partial charge on any atom is 0.305 e. The van der Waals surface area contributed by atoms with Crippen molar-refractivity contribution < 1.29 is 14.3 Å². The van der Waals surface area contributed by atoms with E-state index >= 15 is 0 Å². The van der Waals surface area contributed by atoms with Gasteiger partial charge in [0.1, 0.15) is 12.4 Å². The van der Waals surface area contributed by atoms with Crippen molar-refractivity contribution in [1.82, 2.24) is 4.98 Å². The second-order valence-corrected chi connectivity index (χ2v) is 7.99. The molecule has 0 saturated heterocycles. The molecule has 1 aromatic heterocycles. The normalized spacial score (nSPS) is 10.9. The van der Waals surface area contributed by atoms with Gasteiger partial charge in [0.15, 0.2) is 0 Å². The molecular formula is C25H21Cl2NO3. The molecule has 158 valence electrons. The van der Waals surface area contributed by atoms with Crippen LogP contribution in [0.5, 0.6) is 5.75 Å². The summed E-state index contributed by atoms with van der Waals surface area (Å²) in [4.78, 5) is 14.8. The van der Waals surface area contributed by atoms with Gasteiger partial charge in [0, 0.05) is 39.3 Å². The Labute approximate surface area is 190 Å². The van der Waals surface area contributed by atoms with Crippen LogP contribution in [0.3, 0.4) is 0 Å². The standard InChI is InChI=1S/C25H21Cl2NO3/c1-30-25(29)10-6-16-5-9-24(31-15-20-21(26)3-2-4-22(20)27)19(13-16)17-7-8-23-18(14-17)11-12-28-23/h2-5,7-9,11-14,28H,6,10,15H2,1H3. The van der Waals surface area contributed by atoms with Gasteiger partial charge in [-0.25, -0.2) is 0 Å². The summed E-state index contributed by atoms with van der Waals surface area (Å²) in [7, 11) is 1.40. The minimum Gasteiger partial charge on any atom is -0.488 e. The van der Waals surface area contributed by atoms with E-state index in [0.29, 0.717) is 28.6 Å². The predicted molar refractivity (Wildman–Crippen MR) is 125 cm³/mol. The van der Waals surface area contributed by atoms with Crippen LogP contribution in [0.2, 0.25) is 10.0 Å². The van der Waals surface area contributed by atoms with Gasteiger partial charge in [-0.2, -0.15) is 0 Å². The third-order valence-electron chi connectivity index (χ3n) is 5.19. The number of rotatable bonds is 7. The van der Waals surface area contributed by atoms with E-state index in [-0.39, 0.29) is 12.6 Å². The summed E-state index contributed by atoms with van der Waals surface area (Å²) in [6.07, 6.45) is 2.82. The van der Waals surface area contributed by atoms with Gasteiger partial charge in [0.2, 0.25) is 0 Å². The number of hydrogen-bond donors (Lipinski definition) is 1. The van der Waals surface area contributed by atoms with E-state index in [9.17, 15) is 4.79 Å². The van der Waals surface area contributed by atoms with E-state index in [4.69, 9.17) is 32.7 Å². The molecule has 4 nitrogen and oxygen atoms in total. The van der Waals surface area contributed by atoms with Gasteiger partial charge in [-0.3, -0.25) is 4.79 Å². The average Bonchev–Trinajstić information content (AvgIpc) is 3.25. The molecule has 0 spiro atoms. The molecule has 0 atom stereocenters. The molecule has 4 rings (SSSR count). The van der Waals surface area contributed by atoms with Crippen LogP contribution < -0.4 is 4.74 Å². The lowest BCUT2D eigenvalue weighted by atomic mass is 9.98. The summed E-state index contributed by atoms with van der Waals surface area (Å²) in [5.74, 6) is 0.483. The zero-order valence-electron chi connectivity index (χ0n) is 17.0. The number of aryl methyl sites for hydroxylation is 1. The molecule has 0 amide bonds. The number of hydrogen-bond acceptors (Lipinski definition) is 3. The molecule has 3 aromatic carbocycles. The number of aromatic amines is 1. The molecule has 31 heavy (non-hydrogen) atoms. The van der Waals surface area contributed by atoms with Gasteiger partial charge in [0.25, 0.3) is 0 Å².